The molecular weight excluding hydrogens is 320 g/mol. The summed E-state index contributed by atoms with van der Waals surface area (Å²) < 4.78 is 2.73. The number of hydrogen-bond acceptors (Lipinski definition) is 3. The lowest BCUT2D eigenvalue weighted by Crippen LogP contribution is -2.38. The summed E-state index contributed by atoms with van der Waals surface area (Å²) in [5, 5.41) is 24.1. The van der Waals surface area contributed by atoms with E-state index in [0.717, 1.165) is 21.4 Å². The third kappa shape index (κ3) is 2.66. The zero-order chi connectivity index (χ0) is 14.8. The van der Waals surface area contributed by atoms with Crippen molar-refractivity contribution in [2.45, 2.75) is 18.8 Å². The van der Waals surface area contributed by atoms with E-state index in [-0.39, 0.29) is 13.2 Å². The van der Waals surface area contributed by atoms with Crippen LogP contribution >= 0.6 is 15.9 Å². The molecule has 0 fully saturated rings. The van der Waals surface area contributed by atoms with Crippen LogP contribution < -0.4 is 0 Å². The molecule has 0 saturated carbocycles. The monoisotopic (exact) mass is 338 g/mol. The van der Waals surface area contributed by atoms with Gasteiger partial charge in [-0.2, -0.15) is 5.10 Å². The first-order valence-electron chi connectivity index (χ1n) is 6.49. The second-order valence-electron chi connectivity index (χ2n) is 5.11. The van der Waals surface area contributed by atoms with E-state index in [4.69, 9.17) is 0 Å². The number of aliphatic hydroxyl groups excluding tert-OH is 2. The molecule has 108 valence electrons. The van der Waals surface area contributed by atoms with Crippen LogP contribution in [0.4, 0.5) is 0 Å². The molecule has 0 saturated heterocycles. The molecule has 0 aliphatic carbocycles. The Hall–Kier alpha value is -1.17. The van der Waals surface area contributed by atoms with Gasteiger partial charge in [0.1, 0.15) is 0 Å². The van der Waals surface area contributed by atoms with Crippen molar-refractivity contribution in [1.29, 1.82) is 0 Å². The van der Waals surface area contributed by atoms with Crippen LogP contribution in [0.15, 0.2) is 34.8 Å². The maximum absolute atomic E-state index is 9.87. The fourth-order valence-electron chi connectivity index (χ4n) is 2.43. The van der Waals surface area contributed by atoms with Gasteiger partial charge in [0.05, 0.1) is 29.1 Å². The third-order valence-electron chi connectivity index (χ3n) is 3.76. The average molecular weight is 339 g/mol. The molecule has 20 heavy (non-hydrogen) atoms. The van der Waals surface area contributed by atoms with Crippen molar-refractivity contribution in [3.05, 3.63) is 51.8 Å². The van der Waals surface area contributed by atoms with Crippen LogP contribution in [0.25, 0.3) is 0 Å². The van der Waals surface area contributed by atoms with Gasteiger partial charge in [0.25, 0.3) is 0 Å². The van der Waals surface area contributed by atoms with E-state index in [2.05, 4.69) is 21.0 Å². The van der Waals surface area contributed by atoms with E-state index in [1.165, 1.54) is 0 Å². The maximum atomic E-state index is 9.87. The number of aryl methyl sites for hydroxylation is 2. The Balaban J connectivity index is 2.45. The van der Waals surface area contributed by atoms with Crippen molar-refractivity contribution in [3.8, 4) is 0 Å². The summed E-state index contributed by atoms with van der Waals surface area (Å²) in [6.07, 6.45) is 0.516. The maximum Gasteiger partial charge on any atom is 0.0738 e. The molecule has 1 aromatic carbocycles. The van der Waals surface area contributed by atoms with Gasteiger partial charge in [-0.25, -0.2) is 0 Å². The highest BCUT2D eigenvalue weighted by atomic mass is 79.9. The summed E-state index contributed by atoms with van der Waals surface area (Å²) in [6.45, 7) is 1.68. The first-order chi connectivity index (χ1) is 9.54. The second-order valence-corrected chi connectivity index (χ2v) is 5.90. The third-order valence-corrected chi connectivity index (χ3v) is 4.79. The quantitative estimate of drug-likeness (QED) is 0.876. The van der Waals surface area contributed by atoms with Crippen molar-refractivity contribution in [3.63, 3.8) is 0 Å². The highest BCUT2D eigenvalue weighted by Crippen LogP contribution is 2.31. The van der Waals surface area contributed by atoms with Crippen LogP contribution in [0, 0.1) is 6.92 Å². The highest BCUT2D eigenvalue weighted by Gasteiger charge is 2.33. The minimum Gasteiger partial charge on any atom is -0.395 e. The molecular formula is C15H19BrN2O2. The number of rotatable bonds is 5. The normalized spacial score (nSPS) is 11.8. The number of aromatic nitrogens is 2. The van der Waals surface area contributed by atoms with Crippen LogP contribution in [0.3, 0.4) is 0 Å². The van der Waals surface area contributed by atoms with Crippen molar-refractivity contribution in [2.75, 3.05) is 13.2 Å². The summed E-state index contributed by atoms with van der Waals surface area (Å²) >= 11 is 3.54. The molecule has 2 aromatic rings. The van der Waals surface area contributed by atoms with Crippen LogP contribution in [0.5, 0.6) is 0 Å². The topological polar surface area (TPSA) is 58.3 Å². The van der Waals surface area contributed by atoms with E-state index in [1.807, 2.05) is 44.3 Å². The van der Waals surface area contributed by atoms with E-state index >= 15 is 0 Å². The molecule has 5 heteroatoms. The van der Waals surface area contributed by atoms with Gasteiger partial charge in [-0.05, 0) is 28.4 Å². The Labute approximate surface area is 127 Å². The van der Waals surface area contributed by atoms with Gasteiger partial charge in [-0.15, -0.1) is 0 Å². The number of nitrogens with zero attached hydrogens (tertiary/aromatic N) is 2. The molecule has 4 nitrogen and oxygen atoms in total. The van der Waals surface area contributed by atoms with E-state index < -0.39 is 5.41 Å². The number of halogens is 1. The predicted octanol–water partition coefficient (Wildman–Crippen LogP) is 1.96. The molecule has 2 rings (SSSR count). The van der Waals surface area contributed by atoms with Gasteiger partial charge in [0, 0.05) is 18.9 Å². The lowest BCUT2D eigenvalue weighted by atomic mass is 9.78. The summed E-state index contributed by atoms with van der Waals surface area (Å²) in [5.41, 5.74) is 2.09. The van der Waals surface area contributed by atoms with Gasteiger partial charge in [0.15, 0.2) is 0 Å². The Morgan fingerprint density at radius 3 is 2.25 bits per heavy atom. The molecule has 0 aliphatic heterocycles. The molecule has 0 amide bonds. The molecule has 0 aliphatic rings. The standard InChI is InChI=1S/C15H19BrN2O2/c1-11-14(16)13(18(2)17-11)8-15(9-19,10-20)12-6-4-3-5-7-12/h3-7,19-20H,8-10H2,1-2H3. The van der Waals surface area contributed by atoms with Crippen LogP contribution in [0.1, 0.15) is 17.0 Å². The Kier molecular flexibility index (Phi) is 4.62. The van der Waals surface area contributed by atoms with Gasteiger partial charge in [-0.1, -0.05) is 30.3 Å². The average Bonchev–Trinajstić information content (AvgIpc) is 2.71. The summed E-state index contributed by atoms with van der Waals surface area (Å²) in [5.74, 6) is 0. The molecule has 0 bridgehead atoms. The minimum absolute atomic E-state index is 0.121. The van der Waals surface area contributed by atoms with Gasteiger partial charge in [-0.3, -0.25) is 4.68 Å². The molecule has 0 spiro atoms. The van der Waals surface area contributed by atoms with Gasteiger partial charge < -0.3 is 10.2 Å². The molecule has 0 radical (unpaired) electrons. The lowest BCUT2D eigenvalue weighted by molar-refractivity contribution is 0.114. The minimum atomic E-state index is -0.704. The zero-order valence-electron chi connectivity index (χ0n) is 11.7. The van der Waals surface area contributed by atoms with Crippen molar-refractivity contribution in [1.82, 2.24) is 9.78 Å². The second kappa shape index (κ2) is 6.08. The summed E-state index contributed by atoms with van der Waals surface area (Å²) in [4.78, 5) is 0. The number of hydrogen-bond donors (Lipinski definition) is 2. The largest absolute Gasteiger partial charge is 0.395 e. The van der Waals surface area contributed by atoms with Crippen molar-refractivity contribution in [2.24, 2.45) is 7.05 Å². The number of benzene rings is 1. The molecule has 0 atom stereocenters. The summed E-state index contributed by atoms with van der Waals surface area (Å²) in [6, 6.07) is 9.62. The van der Waals surface area contributed by atoms with Crippen molar-refractivity contribution < 1.29 is 10.2 Å². The molecule has 0 unspecified atom stereocenters. The number of aliphatic hydroxyl groups is 2. The smallest absolute Gasteiger partial charge is 0.0738 e. The molecule has 1 aromatic heterocycles. The fourth-order valence-corrected chi connectivity index (χ4v) is 2.91. The fraction of sp³-hybridized carbons (Fsp3) is 0.400. The van der Waals surface area contributed by atoms with E-state index in [1.54, 1.807) is 4.68 Å². The Bertz CT molecular complexity index is 577. The van der Waals surface area contributed by atoms with Crippen LogP contribution in [-0.2, 0) is 18.9 Å². The van der Waals surface area contributed by atoms with E-state index in [0.29, 0.717) is 6.42 Å². The zero-order valence-corrected chi connectivity index (χ0v) is 13.3. The highest BCUT2D eigenvalue weighted by molar-refractivity contribution is 9.10. The van der Waals surface area contributed by atoms with Gasteiger partial charge in [0.2, 0.25) is 0 Å². The first-order valence-corrected chi connectivity index (χ1v) is 7.28. The SMILES string of the molecule is Cc1nn(C)c(CC(CO)(CO)c2ccccc2)c1Br. The molecule has 1 heterocycles. The molecule has 2 N–H and O–H groups in total. The van der Waals surface area contributed by atoms with Crippen LogP contribution in [0.2, 0.25) is 0 Å². The lowest BCUT2D eigenvalue weighted by Gasteiger charge is -2.30. The Morgan fingerprint density at radius 2 is 1.80 bits per heavy atom. The predicted molar refractivity (Wildman–Crippen MR) is 81.6 cm³/mol. The van der Waals surface area contributed by atoms with Crippen LogP contribution in [-0.4, -0.2) is 33.2 Å². The van der Waals surface area contributed by atoms with Crippen molar-refractivity contribution >= 4 is 15.9 Å². The van der Waals surface area contributed by atoms with E-state index in [9.17, 15) is 10.2 Å². The first kappa shape index (κ1) is 15.2. The van der Waals surface area contributed by atoms with Gasteiger partial charge >= 0.3 is 0 Å². The summed E-state index contributed by atoms with van der Waals surface area (Å²) in [7, 11) is 1.87. The Morgan fingerprint density at radius 1 is 1.20 bits per heavy atom.